The Hall–Kier alpha value is -1.89. The number of carbonyl (C=O) groups is 1. The molecule has 0 unspecified atom stereocenters. The van der Waals surface area contributed by atoms with Gasteiger partial charge in [0.25, 0.3) is 5.56 Å². The van der Waals surface area contributed by atoms with Crippen LogP contribution in [0.2, 0.25) is 0 Å². The fraction of sp³-hybridized carbons (Fsp3) is 0.643. The van der Waals surface area contributed by atoms with E-state index in [1.807, 2.05) is 4.90 Å². The van der Waals surface area contributed by atoms with Crippen LogP contribution in [0, 0.1) is 0 Å². The van der Waals surface area contributed by atoms with Crippen LogP contribution >= 0.6 is 0 Å². The molecular formula is C14H23N5O2. The molecule has 116 valence electrons. The summed E-state index contributed by atoms with van der Waals surface area (Å²) in [6.07, 6.45) is 5.96. The van der Waals surface area contributed by atoms with Crippen LogP contribution in [0.1, 0.15) is 25.7 Å². The van der Waals surface area contributed by atoms with Gasteiger partial charge in [-0.15, -0.1) is 0 Å². The number of nitrogens with zero attached hydrogens (tertiary/aromatic N) is 3. The van der Waals surface area contributed by atoms with Crippen LogP contribution in [-0.4, -0.2) is 46.8 Å². The van der Waals surface area contributed by atoms with Gasteiger partial charge in [-0.3, -0.25) is 9.59 Å². The first-order chi connectivity index (χ1) is 10.2. The molecule has 21 heavy (non-hydrogen) atoms. The number of anilines is 1. The minimum Gasteiger partial charge on any atom is -0.382 e. The highest BCUT2D eigenvalue weighted by molar-refractivity contribution is 5.75. The SMILES string of the molecule is NCCNc1cnn(CC(=O)N2CCCCCC2)c(=O)c1. The first kappa shape index (κ1) is 15.5. The molecule has 1 amide bonds. The summed E-state index contributed by atoms with van der Waals surface area (Å²) in [6, 6.07) is 1.44. The molecule has 0 aliphatic carbocycles. The fourth-order valence-electron chi connectivity index (χ4n) is 2.41. The Morgan fingerprint density at radius 2 is 2.00 bits per heavy atom. The third-order valence-corrected chi connectivity index (χ3v) is 3.59. The molecule has 7 heteroatoms. The molecule has 3 N–H and O–H groups in total. The van der Waals surface area contributed by atoms with E-state index in [9.17, 15) is 9.59 Å². The summed E-state index contributed by atoms with van der Waals surface area (Å²) < 4.78 is 1.21. The molecule has 1 aromatic rings. The van der Waals surface area contributed by atoms with Gasteiger partial charge in [0.2, 0.25) is 5.91 Å². The van der Waals surface area contributed by atoms with Gasteiger partial charge in [-0.1, -0.05) is 12.8 Å². The number of aromatic nitrogens is 2. The lowest BCUT2D eigenvalue weighted by atomic mass is 10.2. The Morgan fingerprint density at radius 1 is 1.29 bits per heavy atom. The van der Waals surface area contributed by atoms with E-state index in [0.717, 1.165) is 25.9 Å². The van der Waals surface area contributed by atoms with E-state index in [-0.39, 0.29) is 18.0 Å². The van der Waals surface area contributed by atoms with Crippen molar-refractivity contribution < 1.29 is 4.79 Å². The summed E-state index contributed by atoms with van der Waals surface area (Å²) in [5.41, 5.74) is 5.74. The summed E-state index contributed by atoms with van der Waals surface area (Å²) >= 11 is 0. The van der Waals surface area contributed by atoms with Gasteiger partial charge in [-0.2, -0.15) is 5.10 Å². The average Bonchev–Trinajstić information content (AvgIpc) is 2.76. The second-order valence-corrected chi connectivity index (χ2v) is 5.25. The molecule has 2 heterocycles. The summed E-state index contributed by atoms with van der Waals surface area (Å²) in [5.74, 6) is -0.0332. The highest BCUT2D eigenvalue weighted by Crippen LogP contribution is 2.10. The van der Waals surface area contributed by atoms with Crippen molar-refractivity contribution in [3.8, 4) is 0 Å². The first-order valence-electron chi connectivity index (χ1n) is 7.49. The van der Waals surface area contributed by atoms with E-state index < -0.39 is 0 Å². The molecule has 0 saturated carbocycles. The van der Waals surface area contributed by atoms with Crippen LogP contribution < -0.4 is 16.6 Å². The predicted octanol–water partition coefficient (Wildman–Crippen LogP) is 0.0165. The standard InChI is InChI=1S/C14H23N5O2/c15-5-6-16-12-9-13(20)19(17-10-12)11-14(21)18-7-3-1-2-4-8-18/h9-10,16H,1-8,11,15H2. The number of rotatable bonds is 5. The maximum Gasteiger partial charge on any atom is 0.269 e. The molecule has 2 rings (SSSR count). The zero-order valence-corrected chi connectivity index (χ0v) is 12.3. The monoisotopic (exact) mass is 293 g/mol. The Balaban J connectivity index is 1.98. The van der Waals surface area contributed by atoms with Crippen molar-refractivity contribution in [2.75, 3.05) is 31.5 Å². The maximum absolute atomic E-state index is 12.2. The van der Waals surface area contributed by atoms with Crippen LogP contribution in [0.25, 0.3) is 0 Å². The topological polar surface area (TPSA) is 93.2 Å². The molecule has 0 aromatic carbocycles. The van der Waals surface area contributed by atoms with Gasteiger partial charge < -0.3 is 16.0 Å². The third kappa shape index (κ3) is 4.56. The molecular weight excluding hydrogens is 270 g/mol. The molecule has 1 fully saturated rings. The van der Waals surface area contributed by atoms with Gasteiger partial charge in [0.1, 0.15) is 6.54 Å². The second kappa shape index (κ2) is 7.78. The fourth-order valence-corrected chi connectivity index (χ4v) is 2.41. The van der Waals surface area contributed by atoms with Gasteiger partial charge >= 0.3 is 0 Å². The predicted molar refractivity (Wildman–Crippen MR) is 81.1 cm³/mol. The Labute approximate surface area is 124 Å². The van der Waals surface area contributed by atoms with E-state index >= 15 is 0 Å². The molecule has 1 aliphatic heterocycles. The Kier molecular flexibility index (Phi) is 5.74. The van der Waals surface area contributed by atoms with Crippen molar-refractivity contribution in [2.24, 2.45) is 5.73 Å². The van der Waals surface area contributed by atoms with E-state index in [2.05, 4.69) is 10.4 Å². The van der Waals surface area contributed by atoms with Crippen LogP contribution in [-0.2, 0) is 11.3 Å². The first-order valence-corrected chi connectivity index (χ1v) is 7.49. The number of nitrogens with two attached hydrogens (primary N) is 1. The van der Waals surface area contributed by atoms with E-state index in [0.29, 0.717) is 18.8 Å². The number of amides is 1. The number of hydrogen-bond acceptors (Lipinski definition) is 5. The summed E-state index contributed by atoms with van der Waals surface area (Å²) in [5, 5.41) is 7.03. The lowest BCUT2D eigenvalue weighted by Gasteiger charge is -2.20. The number of hydrogen-bond donors (Lipinski definition) is 2. The van der Waals surface area contributed by atoms with E-state index in [1.165, 1.54) is 23.6 Å². The zero-order valence-electron chi connectivity index (χ0n) is 12.3. The van der Waals surface area contributed by atoms with Crippen LogP contribution in [0.4, 0.5) is 5.69 Å². The molecule has 0 radical (unpaired) electrons. The van der Waals surface area contributed by atoms with Crippen LogP contribution in [0.15, 0.2) is 17.1 Å². The van der Waals surface area contributed by atoms with Crippen molar-refractivity contribution in [2.45, 2.75) is 32.2 Å². The van der Waals surface area contributed by atoms with Crippen molar-refractivity contribution in [1.82, 2.24) is 14.7 Å². The van der Waals surface area contributed by atoms with Crippen LogP contribution in [0.5, 0.6) is 0 Å². The van der Waals surface area contributed by atoms with Gasteiger partial charge in [0, 0.05) is 32.2 Å². The highest BCUT2D eigenvalue weighted by Gasteiger charge is 2.16. The van der Waals surface area contributed by atoms with Crippen molar-refractivity contribution in [1.29, 1.82) is 0 Å². The lowest BCUT2D eigenvalue weighted by Crippen LogP contribution is -2.37. The summed E-state index contributed by atoms with van der Waals surface area (Å²) in [7, 11) is 0. The molecule has 1 aromatic heterocycles. The number of carbonyl (C=O) groups excluding carboxylic acids is 1. The minimum atomic E-state index is -0.278. The van der Waals surface area contributed by atoms with Crippen molar-refractivity contribution >= 4 is 11.6 Å². The smallest absolute Gasteiger partial charge is 0.269 e. The van der Waals surface area contributed by atoms with Gasteiger partial charge in [-0.25, -0.2) is 4.68 Å². The minimum absolute atomic E-state index is 0.00992. The molecule has 1 saturated heterocycles. The number of likely N-dealkylation sites (tertiary alicyclic amines) is 1. The molecule has 0 atom stereocenters. The third-order valence-electron chi connectivity index (χ3n) is 3.59. The average molecular weight is 293 g/mol. The lowest BCUT2D eigenvalue weighted by molar-refractivity contribution is -0.132. The van der Waals surface area contributed by atoms with Crippen molar-refractivity contribution in [3.05, 3.63) is 22.6 Å². The van der Waals surface area contributed by atoms with Gasteiger partial charge in [-0.05, 0) is 12.8 Å². The molecule has 0 spiro atoms. The molecule has 0 bridgehead atoms. The highest BCUT2D eigenvalue weighted by atomic mass is 16.2. The second-order valence-electron chi connectivity index (χ2n) is 5.25. The quantitative estimate of drug-likeness (QED) is 0.798. The van der Waals surface area contributed by atoms with Crippen molar-refractivity contribution in [3.63, 3.8) is 0 Å². The Morgan fingerprint density at radius 3 is 2.62 bits per heavy atom. The molecule has 7 nitrogen and oxygen atoms in total. The van der Waals surface area contributed by atoms with E-state index in [4.69, 9.17) is 5.73 Å². The van der Waals surface area contributed by atoms with Gasteiger partial charge in [0.15, 0.2) is 0 Å². The van der Waals surface area contributed by atoms with Gasteiger partial charge in [0.05, 0.1) is 11.9 Å². The summed E-state index contributed by atoms with van der Waals surface area (Å²) in [6.45, 7) is 2.64. The largest absolute Gasteiger partial charge is 0.382 e. The normalized spacial score (nSPS) is 15.6. The van der Waals surface area contributed by atoms with E-state index in [1.54, 1.807) is 6.20 Å². The maximum atomic E-state index is 12.2. The van der Waals surface area contributed by atoms with Crippen LogP contribution in [0.3, 0.4) is 0 Å². The Bertz CT molecular complexity index is 520. The molecule has 1 aliphatic rings. The summed E-state index contributed by atoms with van der Waals surface area (Å²) in [4.78, 5) is 26.0. The number of nitrogens with one attached hydrogen (secondary N) is 1. The zero-order chi connectivity index (χ0) is 15.1.